The van der Waals surface area contributed by atoms with Crippen LogP contribution in [0.4, 0.5) is 0 Å². The number of hydrogen-bond donors (Lipinski definition) is 1. The van der Waals surface area contributed by atoms with Crippen LogP contribution in [-0.4, -0.2) is 69.6 Å². The Hall–Kier alpha value is -3.97. The lowest BCUT2D eigenvalue weighted by Crippen LogP contribution is -2.28. The lowest BCUT2D eigenvalue weighted by molar-refractivity contribution is 0.170. The molecule has 4 rings (SSSR count). The van der Waals surface area contributed by atoms with Crippen molar-refractivity contribution in [2.24, 2.45) is 7.05 Å². The first-order valence-electron chi connectivity index (χ1n) is 11.7. The van der Waals surface area contributed by atoms with Crippen LogP contribution in [-0.2, 0) is 22.6 Å². The highest BCUT2D eigenvalue weighted by Crippen LogP contribution is 2.37. The van der Waals surface area contributed by atoms with Gasteiger partial charge in [-0.15, -0.1) is 10.2 Å². The fourth-order valence-corrected chi connectivity index (χ4v) is 5.34. The van der Waals surface area contributed by atoms with Crippen LogP contribution in [0.5, 0.6) is 17.4 Å². The summed E-state index contributed by atoms with van der Waals surface area (Å²) >= 11 is 0. The van der Waals surface area contributed by atoms with Crippen LogP contribution in [0.25, 0.3) is 17.2 Å². The van der Waals surface area contributed by atoms with E-state index in [1.54, 1.807) is 58.8 Å². The number of aryl methyl sites for hydroxylation is 2. The summed E-state index contributed by atoms with van der Waals surface area (Å²) in [5.74, 6) is 0.970. The van der Waals surface area contributed by atoms with E-state index in [1.165, 1.54) is 28.3 Å². The maximum atomic E-state index is 13.6. The highest BCUT2D eigenvalue weighted by molar-refractivity contribution is 7.91. The SMILES string of the molecule is COc1cccc(-c2nnc(CS(=O)(=O)[C@@H](C)[C@H](O)c3cc(C)n(C)n3)n2-c2c(OC)cccc2OC)n1. The number of para-hydroxylation sites is 1. The molecule has 202 valence electrons. The summed E-state index contributed by atoms with van der Waals surface area (Å²) in [4.78, 5) is 4.45. The number of aromatic nitrogens is 6. The van der Waals surface area contributed by atoms with Gasteiger partial charge in [-0.1, -0.05) is 12.1 Å². The maximum Gasteiger partial charge on any atom is 0.213 e. The molecule has 0 unspecified atom stereocenters. The molecule has 4 aromatic rings. The molecule has 2 atom stereocenters. The lowest BCUT2D eigenvalue weighted by Gasteiger charge is -2.20. The molecule has 0 radical (unpaired) electrons. The monoisotopic (exact) mass is 542 g/mol. The van der Waals surface area contributed by atoms with Crippen LogP contribution < -0.4 is 14.2 Å². The summed E-state index contributed by atoms with van der Waals surface area (Å²) in [5, 5.41) is 22.5. The Morgan fingerprint density at radius 2 is 1.66 bits per heavy atom. The molecule has 3 aromatic heterocycles. The lowest BCUT2D eigenvalue weighted by atomic mass is 10.2. The summed E-state index contributed by atoms with van der Waals surface area (Å²) < 4.78 is 46.7. The van der Waals surface area contributed by atoms with Gasteiger partial charge in [-0.05, 0) is 38.1 Å². The molecule has 38 heavy (non-hydrogen) atoms. The fourth-order valence-electron chi connectivity index (χ4n) is 4.00. The number of ether oxygens (including phenoxy) is 3. The molecule has 1 N–H and O–H groups in total. The van der Waals surface area contributed by atoms with Crippen LogP contribution in [0.1, 0.15) is 30.2 Å². The summed E-state index contributed by atoms with van der Waals surface area (Å²) in [6.45, 7) is 3.26. The van der Waals surface area contributed by atoms with E-state index in [0.717, 1.165) is 5.69 Å². The van der Waals surface area contributed by atoms with Crippen molar-refractivity contribution < 1.29 is 27.7 Å². The van der Waals surface area contributed by atoms with E-state index in [9.17, 15) is 13.5 Å². The van der Waals surface area contributed by atoms with Crippen molar-refractivity contribution >= 4 is 9.84 Å². The van der Waals surface area contributed by atoms with Gasteiger partial charge in [0.15, 0.2) is 21.5 Å². The Morgan fingerprint density at radius 3 is 2.24 bits per heavy atom. The molecule has 0 fully saturated rings. The first-order valence-corrected chi connectivity index (χ1v) is 13.4. The van der Waals surface area contributed by atoms with Crippen molar-refractivity contribution in [3.8, 4) is 34.6 Å². The molecular formula is C25H30N6O6S. The molecule has 0 bridgehead atoms. The van der Waals surface area contributed by atoms with E-state index in [1.807, 2.05) is 6.92 Å². The predicted octanol–water partition coefficient (Wildman–Crippen LogP) is 2.43. The van der Waals surface area contributed by atoms with Gasteiger partial charge in [-0.25, -0.2) is 13.4 Å². The molecular weight excluding hydrogens is 512 g/mol. The van der Waals surface area contributed by atoms with Crippen LogP contribution in [0.2, 0.25) is 0 Å². The third-order valence-electron chi connectivity index (χ3n) is 6.29. The summed E-state index contributed by atoms with van der Waals surface area (Å²) in [5.41, 5.74) is 1.86. The van der Waals surface area contributed by atoms with Gasteiger partial charge in [0.2, 0.25) is 5.88 Å². The number of aliphatic hydroxyl groups excluding tert-OH is 1. The Labute approximate surface area is 220 Å². The van der Waals surface area contributed by atoms with Crippen LogP contribution in [0.3, 0.4) is 0 Å². The molecule has 12 nitrogen and oxygen atoms in total. The van der Waals surface area contributed by atoms with Gasteiger partial charge < -0.3 is 19.3 Å². The van der Waals surface area contributed by atoms with E-state index in [2.05, 4.69) is 20.3 Å². The molecule has 0 aliphatic carbocycles. The van der Waals surface area contributed by atoms with Gasteiger partial charge in [0, 0.05) is 18.8 Å². The number of rotatable bonds is 10. The van der Waals surface area contributed by atoms with Gasteiger partial charge in [0.1, 0.15) is 34.7 Å². The van der Waals surface area contributed by atoms with Crippen LogP contribution in [0, 0.1) is 6.92 Å². The van der Waals surface area contributed by atoms with Crippen LogP contribution >= 0.6 is 0 Å². The van der Waals surface area contributed by atoms with E-state index < -0.39 is 26.9 Å². The first-order chi connectivity index (χ1) is 18.1. The van der Waals surface area contributed by atoms with Gasteiger partial charge in [0.05, 0.1) is 32.3 Å². The highest BCUT2D eigenvalue weighted by Gasteiger charge is 2.34. The zero-order chi connectivity index (χ0) is 27.6. The van der Waals surface area contributed by atoms with Gasteiger partial charge in [-0.2, -0.15) is 5.10 Å². The van der Waals surface area contributed by atoms with Crippen molar-refractivity contribution in [1.82, 2.24) is 29.5 Å². The third kappa shape index (κ3) is 5.07. The number of hydrogen-bond acceptors (Lipinski definition) is 10. The Morgan fingerprint density at radius 1 is 1.00 bits per heavy atom. The fraction of sp³-hybridized carbons (Fsp3) is 0.360. The summed E-state index contributed by atoms with van der Waals surface area (Å²) in [7, 11) is 2.24. The van der Waals surface area contributed by atoms with Crippen molar-refractivity contribution in [2.45, 2.75) is 31.0 Å². The minimum Gasteiger partial charge on any atom is -0.494 e. The number of sulfone groups is 1. The average Bonchev–Trinajstić information content (AvgIpc) is 3.48. The topological polar surface area (TPSA) is 143 Å². The minimum atomic E-state index is -3.96. The molecule has 13 heteroatoms. The van der Waals surface area contributed by atoms with Crippen molar-refractivity contribution in [2.75, 3.05) is 21.3 Å². The zero-order valence-electron chi connectivity index (χ0n) is 22.0. The molecule has 1 aromatic carbocycles. The highest BCUT2D eigenvalue weighted by atomic mass is 32.2. The largest absolute Gasteiger partial charge is 0.494 e. The Balaban J connectivity index is 1.85. The minimum absolute atomic E-state index is 0.0867. The Kier molecular flexibility index (Phi) is 7.69. The second-order valence-electron chi connectivity index (χ2n) is 8.64. The number of nitrogens with zero attached hydrogens (tertiary/aromatic N) is 6. The zero-order valence-corrected chi connectivity index (χ0v) is 22.8. The summed E-state index contributed by atoms with van der Waals surface area (Å²) in [6, 6.07) is 12.0. The normalized spacial score (nSPS) is 13.2. The van der Waals surface area contributed by atoms with Gasteiger partial charge in [0.25, 0.3) is 0 Å². The first kappa shape index (κ1) is 27.1. The van der Waals surface area contributed by atoms with E-state index in [0.29, 0.717) is 28.8 Å². The predicted molar refractivity (Wildman–Crippen MR) is 139 cm³/mol. The van der Waals surface area contributed by atoms with Crippen molar-refractivity contribution in [1.29, 1.82) is 0 Å². The van der Waals surface area contributed by atoms with Crippen molar-refractivity contribution in [3.63, 3.8) is 0 Å². The molecule has 0 amide bonds. The van der Waals surface area contributed by atoms with Crippen molar-refractivity contribution in [3.05, 3.63) is 59.7 Å². The maximum absolute atomic E-state index is 13.6. The van der Waals surface area contributed by atoms with E-state index in [4.69, 9.17) is 14.2 Å². The number of aliphatic hydroxyl groups is 1. The molecule has 0 spiro atoms. The third-order valence-corrected chi connectivity index (χ3v) is 8.35. The second kappa shape index (κ2) is 10.8. The molecule has 0 saturated heterocycles. The number of benzene rings is 1. The second-order valence-corrected chi connectivity index (χ2v) is 11.0. The number of pyridine rings is 1. The smallest absolute Gasteiger partial charge is 0.213 e. The number of methoxy groups -OCH3 is 3. The van der Waals surface area contributed by atoms with Gasteiger partial charge >= 0.3 is 0 Å². The molecule has 0 aliphatic rings. The Bertz CT molecular complexity index is 1510. The van der Waals surface area contributed by atoms with E-state index >= 15 is 0 Å². The average molecular weight is 543 g/mol. The van der Waals surface area contributed by atoms with E-state index in [-0.39, 0.29) is 17.3 Å². The molecule has 0 aliphatic heterocycles. The summed E-state index contributed by atoms with van der Waals surface area (Å²) in [6.07, 6.45) is -1.34. The van der Waals surface area contributed by atoms with Crippen LogP contribution in [0.15, 0.2) is 42.5 Å². The standard InChI is InChI=1S/C25H30N6O6S/c1-15-13-18(29-30(15)3)24(32)16(2)38(33,34)14-21-27-28-25(17-9-7-12-22(26-17)37-6)31(21)23-19(35-4)10-8-11-20(23)36-5/h7-13,16,24,32H,14H2,1-6H3/t16-,24-/m0/s1. The van der Waals surface area contributed by atoms with Gasteiger partial charge in [-0.3, -0.25) is 9.25 Å². The molecule has 0 saturated carbocycles. The molecule has 3 heterocycles. The quantitative estimate of drug-likeness (QED) is 0.317.